The van der Waals surface area contributed by atoms with Crippen molar-refractivity contribution in [1.29, 1.82) is 0 Å². The second-order valence-corrected chi connectivity index (χ2v) is 6.41. The van der Waals surface area contributed by atoms with Crippen LogP contribution in [0.2, 0.25) is 0 Å². The van der Waals surface area contributed by atoms with Crippen LogP contribution in [-0.2, 0) is 15.9 Å². The molecule has 5 nitrogen and oxygen atoms in total. The number of nitrogens with zero attached hydrogens (tertiary/aromatic N) is 3. The molecule has 2 saturated heterocycles. The number of rotatable bonds is 3. The summed E-state index contributed by atoms with van der Waals surface area (Å²) in [5.74, 6) is -0.327. The van der Waals surface area contributed by atoms with E-state index in [4.69, 9.17) is 9.47 Å². The fourth-order valence-electron chi connectivity index (χ4n) is 2.69. The Morgan fingerprint density at radius 1 is 1.37 bits per heavy atom. The lowest BCUT2D eigenvalue weighted by molar-refractivity contribution is -0.178. The van der Waals surface area contributed by atoms with Crippen molar-refractivity contribution in [3.05, 3.63) is 5.01 Å². The van der Waals surface area contributed by atoms with Crippen LogP contribution in [0.15, 0.2) is 0 Å². The molecule has 0 bridgehead atoms. The van der Waals surface area contributed by atoms with Crippen molar-refractivity contribution < 1.29 is 9.47 Å². The Morgan fingerprint density at radius 2 is 2.16 bits per heavy atom. The van der Waals surface area contributed by atoms with Crippen molar-refractivity contribution in [1.82, 2.24) is 10.2 Å². The van der Waals surface area contributed by atoms with E-state index in [2.05, 4.69) is 28.9 Å². The molecule has 1 aromatic heterocycles. The first-order valence-corrected chi connectivity index (χ1v) is 7.91. The lowest BCUT2D eigenvalue weighted by Gasteiger charge is -2.37. The number of aromatic nitrogens is 2. The van der Waals surface area contributed by atoms with E-state index in [-0.39, 0.29) is 11.9 Å². The number of aryl methyl sites for hydroxylation is 1. The zero-order valence-corrected chi connectivity index (χ0v) is 12.4. The highest BCUT2D eigenvalue weighted by molar-refractivity contribution is 7.15. The van der Waals surface area contributed by atoms with E-state index in [9.17, 15) is 0 Å². The topological polar surface area (TPSA) is 47.5 Å². The molecule has 0 N–H and O–H groups in total. The van der Waals surface area contributed by atoms with Crippen LogP contribution in [0.3, 0.4) is 0 Å². The van der Waals surface area contributed by atoms with Crippen molar-refractivity contribution in [2.24, 2.45) is 0 Å². The first-order chi connectivity index (χ1) is 9.21. The molecule has 2 fully saturated rings. The van der Waals surface area contributed by atoms with E-state index in [1.807, 2.05) is 0 Å². The molecule has 106 valence electrons. The molecule has 3 rings (SSSR count). The molecule has 0 aromatic carbocycles. The van der Waals surface area contributed by atoms with Crippen molar-refractivity contribution in [3.63, 3.8) is 0 Å². The molecule has 1 spiro atoms. The lowest BCUT2D eigenvalue weighted by Crippen LogP contribution is -2.45. The largest absolute Gasteiger partial charge is 0.347 e. The van der Waals surface area contributed by atoms with Crippen molar-refractivity contribution in [3.8, 4) is 0 Å². The molecule has 0 unspecified atom stereocenters. The van der Waals surface area contributed by atoms with Crippen LogP contribution in [0.1, 0.15) is 38.1 Å². The first-order valence-electron chi connectivity index (χ1n) is 7.10. The quantitative estimate of drug-likeness (QED) is 0.851. The Labute approximate surface area is 117 Å². The summed E-state index contributed by atoms with van der Waals surface area (Å²) >= 11 is 1.72. The van der Waals surface area contributed by atoms with Gasteiger partial charge in [0.1, 0.15) is 5.01 Å². The second kappa shape index (κ2) is 5.34. The number of ether oxygens (including phenoxy) is 2. The summed E-state index contributed by atoms with van der Waals surface area (Å²) < 4.78 is 11.8. The molecular weight excluding hydrogens is 262 g/mol. The third-order valence-corrected chi connectivity index (χ3v) is 4.76. The number of anilines is 1. The van der Waals surface area contributed by atoms with Gasteiger partial charge in [0.05, 0.1) is 12.7 Å². The summed E-state index contributed by atoms with van der Waals surface area (Å²) in [6.07, 6.45) is 4.21. The summed E-state index contributed by atoms with van der Waals surface area (Å²) in [6, 6.07) is 0. The monoisotopic (exact) mass is 283 g/mol. The third-order valence-electron chi connectivity index (χ3n) is 3.71. The Hall–Kier alpha value is -0.720. The maximum absolute atomic E-state index is 5.94. The number of hydrogen-bond donors (Lipinski definition) is 0. The van der Waals surface area contributed by atoms with Crippen LogP contribution in [-0.4, -0.2) is 41.8 Å². The van der Waals surface area contributed by atoms with Gasteiger partial charge in [-0.15, -0.1) is 10.2 Å². The van der Waals surface area contributed by atoms with Crippen LogP contribution in [0.25, 0.3) is 0 Å². The molecular formula is C13H21N3O2S. The van der Waals surface area contributed by atoms with Gasteiger partial charge < -0.3 is 14.4 Å². The van der Waals surface area contributed by atoms with Crippen LogP contribution >= 0.6 is 11.3 Å². The molecule has 1 atom stereocenters. The molecule has 1 aromatic rings. The Kier molecular flexibility index (Phi) is 3.73. The van der Waals surface area contributed by atoms with Crippen molar-refractivity contribution in [2.75, 3.05) is 24.6 Å². The van der Waals surface area contributed by atoms with Gasteiger partial charge in [-0.05, 0) is 13.3 Å². The minimum absolute atomic E-state index is 0.226. The zero-order valence-electron chi connectivity index (χ0n) is 11.6. The lowest BCUT2D eigenvalue weighted by atomic mass is 10.0. The van der Waals surface area contributed by atoms with Gasteiger partial charge in [-0.1, -0.05) is 18.3 Å². The first kappa shape index (κ1) is 13.3. The van der Waals surface area contributed by atoms with Gasteiger partial charge in [-0.25, -0.2) is 0 Å². The van der Waals surface area contributed by atoms with Gasteiger partial charge in [0.25, 0.3) is 0 Å². The summed E-state index contributed by atoms with van der Waals surface area (Å²) in [7, 11) is 0. The van der Waals surface area contributed by atoms with E-state index in [1.165, 1.54) is 0 Å². The predicted molar refractivity (Wildman–Crippen MR) is 74.6 cm³/mol. The highest BCUT2D eigenvalue weighted by atomic mass is 32.1. The van der Waals surface area contributed by atoms with Gasteiger partial charge in [0, 0.05) is 32.4 Å². The van der Waals surface area contributed by atoms with E-state index >= 15 is 0 Å². The Morgan fingerprint density at radius 3 is 2.79 bits per heavy atom. The standard InChI is InChI=1S/C13H21N3O2S/c1-3-4-11-14-15-12(19-11)16-7-5-13(6-8-16)17-9-10(2)18-13/h10H,3-9H2,1-2H3/t10-/m0/s1. The van der Waals surface area contributed by atoms with Crippen LogP contribution in [0.5, 0.6) is 0 Å². The van der Waals surface area contributed by atoms with Crippen molar-refractivity contribution >= 4 is 16.5 Å². The van der Waals surface area contributed by atoms with Crippen LogP contribution in [0.4, 0.5) is 5.13 Å². The summed E-state index contributed by atoms with van der Waals surface area (Å²) in [5.41, 5.74) is 0. The average molecular weight is 283 g/mol. The number of hydrogen-bond acceptors (Lipinski definition) is 6. The van der Waals surface area contributed by atoms with Gasteiger partial charge in [0.2, 0.25) is 5.13 Å². The molecule has 19 heavy (non-hydrogen) atoms. The zero-order chi connectivity index (χ0) is 13.3. The van der Waals surface area contributed by atoms with Crippen molar-refractivity contribution in [2.45, 2.75) is 51.4 Å². The van der Waals surface area contributed by atoms with E-state index < -0.39 is 0 Å². The van der Waals surface area contributed by atoms with E-state index in [0.717, 1.165) is 55.5 Å². The molecule has 0 radical (unpaired) electrons. The fraction of sp³-hybridized carbons (Fsp3) is 0.846. The van der Waals surface area contributed by atoms with Gasteiger partial charge in [-0.3, -0.25) is 0 Å². The molecule has 3 heterocycles. The molecule has 2 aliphatic heterocycles. The van der Waals surface area contributed by atoms with Gasteiger partial charge in [0.15, 0.2) is 5.79 Å². The van der Waals surface area contributed by atoms with Gasteiger partial charge >= 0.3 is 0 Å². The highest BCUT2D eigenvalue weighted by Crippen LogP contribution is 2.36. The second-order valence-electron chi connectivity index (χ2n) is 5.37. The SMILES string of the molecule is CCCc1nnc(N2CCC3(CC2)OC[C@H](C)O3)s1. The average Bonchev–Trinajstić information content (AvgIpc) is 2.99. The third kappa shape index (κ3) is 2.75. The predicted octanol–water partition coefficient (Wildman–Crippen LogP) is 2.22. The molecule has 6 heteroatoms. The van der Waals surface area contributed by atoms with E-state index in [1.54, 1.807) is 11.3 Å². The maximum Gasteiger partial charge on any atom is 0.208 e. The smallest absolute Gasteiger partial charge is 0.208 e. The number of piperidine rings is 1. The fourth-order valence-corrected chi connectivity index (χ4v) is 3.68. The minimum atomic E-state index is -0.327. The molecule has 0 saturated carbocycles. The highest BCUT2D eigenvalue weighted by Gasteiger charge is 2.42. The summed E-state index contributed by atoms with van der Waals surface area (Å²) in [6.45, 7) is 6.84. The Bertz CT molecular complexity index is 429. The summed E-state index contributed by atoms with van der Waals surface area (Å²) in [4.78, 5) is 2.30. The van der Waals surface area contributed by atoms with Crippen LogP contribution in [0, 0.1) is 0 Å². The summed E-state index contributed by atoms with van der Waals surface area (Å²) in [5, 5.41) is 10.7. The minimum Gasteiger partial charge on any atom is -0.347 e. The Balaban J connectivity index is 1.60. The molecule has 0 aliphatic carbocycles. The molecule has 0 amide bonds. The van der Waals surface area contributed by atoms with Crippen LogP contribution < -0.4 is 4.90 Å². The van der Waals surface area contributed by atoms with E-state index in [0.29, 0.717) is 0 Å². The molecule has 2 aliphatic rings. The van der Waals surface area contributed by atoms with Gasteiger partial charge in [-0.2, -0.15) is 0 Å². The normalized spacial score (nSPS) is 26.2. The maximum atomic E-state index is 5.94.